The molecular formula is C21H23FN2O2. The van der Waals surface area contributed by atoms with Gasteiger partial charge in [-0.1, -0.05) is 30.3 Å². The van der Waals surface area contributed by atoms with Crippen LogP contribution in [0.25, 0.3) is 0 Å². The second kappa shape index (κ2) is 7.46. The zero-order chi connectivity index (χ0) is 17.9. The van der Waals surface area contributed by atoms with Gasteiger partial charge in [0.1, 0.15) is 17.7 Å². The van der Waals surface area contributed by atoms with E-state index in [-0.39, 0.29) is 23.9 Å². The van der Waals surface area contributed by atoms with Gasteiger partial charge in [-0.2, -0.15) is 0 Å². The van der Waals surface area contributed by atoms with Gasteiger partial charge in [-0.3, -0.25) is 9.69 Å². The SMILES string of the molecule is O=C([C@@H]1CCCN1Cc1ccccc1)N1CC(Oc2ccc(F)cc2)C1. The molecule has 136 valence electrons. The Bertz CT molecular complexity index is 744. The molecule has 2 aromatic rings. The molecule has 0 saturated carbocycles. The van der Waals surface area contributed by atoms with Crippen molar-refractivity contribution < 1.29 is 13.9 Å². The fraction of sp³-hybridized carbons (Fsp3) is 0.381. The van der Waals surface area contributed by atoms with Gasteiger partial charge in [-0.25, -0.2) is 4.39 Å². The number of benzene rings is 2. The number of carbonyl (C=O) groups excluding carboxylic acids is 1. The maximum atomic E-state index is 12.9. The van der Waals surface area contributed by atoms with Gasteiger partial charge in [-0.05, 0) is 49.2 Å². The molecule has 4 rings (SSSR count). The highest BCUT2D eigenvalue weighted by Crippen LogP contribution is 2.25. The van der Waals surface area contributed by atoms with Gasteiger partial charge in [0.2, 0.25) is 5.91 Å². The number of halogens is 1. The lowest BCUT2D eigenvalue weighted by molar-refractivity contribution is -0.145. The Balaban J connectivity index is 1.30. The molecule has 2 fully saturated rings. The van der Waals surface area contributed by atoms with Crippen LogP contribution >= 0.6 is 0 Å². The predicted molar refractivity (Wildman–Crippen MR) is 97.3 cm³/mol. The molecule has 0 N–H and O–H groups in total. The van der Waals surface area contributed by atoms with Crippen LogP contribution in [0.3, 0.4) is 0 Å². The largest absolute Gasteiger partial charge is 0.487 e. The third-order valence-corrected chi connectivity index (χ3v) is 5.15. The Morgan fingerprint density at radius 1 is 1.08 bits per heavy atom. The number of hydrogen-bond acceptors (Lipinski definition) is 3. The summed E-state index contributed by atoms with van der Waals surface area (Å²) in [6.45, 7) is 2.99. The zero-order valence-corrected chi connectivity index (χ0v) is 14.7. The maximum absolute atomic E-state index is 12.9. The lowest BCUT2D eigenvalue weighted by atomic mass is 10.1. The van der Waals surface area contributed by atoms with Gasteiger partial charge in [-0.15, -0.1) is 0 Å². The predicted octanol–water partition coefficient (Wildman–Crippen LogP) is 3.08. The van der Waals surface area contributed by atoms with Crippen molar-refractivity contribution in [2.45, 2.75) is 31.5 Å². The third kappa shape index (κ3) is 3.73. The van der Waals surface area contributed by atoms with E-state index in [9.17, 15) is 9.18 Å². The molecule has 26 heavy (non-hydrogen) atoms. The first-order valence-electron chi connectivity index (χ1n) is 9.18. The topological polar surface area (TPSA) is 32.8 Å². The molecule has 2 aliphatic heterocycles. The third-order valence-electron chi connectivity index (χ3n) is 5.15. The molecule has 1 amide bonds. The molecule has 5 heteroatoms. The molecule has 4 nitrogen and oxygen atoms in total. The van der Waals surface area contributed by atoms with Crippen LogP contribution in [0, 0.1) is 5.82 Å². The molecule has 2 saturated heterocycles. The van der Waals surface area contributed by atoms with E-state index in [0.717, 1.165) is 25.9 Å². The quantitative estimate of drug-likeness (QED) is 0.827. The van der Waals surface area contributed by atoms with Crippen LogP contribution in [0.15, 0.2) is 54.6 Å². The number of likely N-dealkylation sites (tertiary alicyclic amines) is 2. The Hall–Kier alpha value is -2.40. The highest BCUT2D eigenvalue weighted by Gasteiger charge is 2.39. The van der Waals surface area contributed by atoms with Crippen molar-refractivity contribution in [1.29, 1.82) is 0 Å². The second-order valence-electron chi connectivity index (χ2n) is 7.05. The minimum atomic E-state index is -0.275. The van der Waals surface area contributed by atoms with E-state index >= 15 is 0 Å². The Kier molecular flexibility index (Phi) is 4.89. The minimum absolute atomic E-state index is 0.00612. The first-order valence-corrected chi connectivity index (χ1v) is 9.18. The van der Waals surface area contributed by atoms with Gasteiger partial charge in [0.15, 0.2) is 0 Å². The van der Waals surface area contributed by atoms with Crippen LogP contribution in [0.4, 0.5) is 4.39 Å². The highest BCUT2D eigenvalue weighted by molar-refractivity contribution is 5.83. The summed E-state index contributed by atoms with van der Waals surface area (Å²) < 4.78 is 18.7. The minimum Gasteiger partial charge on any atom is -0.487 e. The Labute approximate surface area is 153 Å². The van der Waals surface area contributed by atoms with E-state index in [1.165, 1.54) is 17.7 Å². The van der Waals surface area contributed by atoms with E-state index < -0.39 is 0 Å². The van der Waals surface area contributed by atoms with Gasteiger partial charge in [0.05, 0.1) is 19.1 Å². The normalized spacial score (nSPS) is 20.8. The van der Waals surface area contributed by atoms with E-state index in [2.05, 4.69) is 17.0 Å². The van der Waals surface area contributed by atoms with E-state index in [1.807, 2.05) is 23.1 Å². The summed E-state index contributed by atoms with van der Waals surface area (Å²) in [5.74, 6) is 0.579. The van der Waals surface area contributed by atoms with Crippen molar-refractivity contribution in [3.05, 3.63) is 66.0 Å². The maximum Gasteiger partial charge on any atom is 0.240 e. The summed E-state index contributed by atoms with van der Waals surface area (Å²) in [5, 5.41) is 0. The van der Waals surface area contributed by atoms with Crippen molar-refractivity contribution in [3.8, 4) is 5.75 Å². The summed E-state index contributed by atoms with van der Waals surface area (Å²) in [6, 6.07) is 16.3. The van der Waals surface area contributed by atoms with Crippen LogP contribution < -0.4 is 4.74 Å². The molecule has 2 heterocycles. The van der Waals surface area contributed by atoms with E-state index in [1.54, 1.807) is 12.1 Å². The summed E-state index contributed by atoms with van der Waals surface area (Å²) >= 11 is 0. The standard InChI is InChI=1S/C21H23FN2O2/c22-17-8-10-18(11-9-17)26-19-14-24(15-19)21(25)20-7-4-12-23(20)13-16-5-2-1-3-6-16/h1-3,5-6,8-11,19-20H,4,7,12-15H2/t20-/m0/s1. The molecule has 2 aliphatic rings. The monoisotopic (exact) mass is 354 g/mol. The van der Waals surface area contributed by atoms with E-state index in [4.69, 9.17) is 4.74 Å². The number of nitrogens with zero attached hydrogens (tertiary/aromatic N) is 2. The van der Waals surface area contributed by atoms with Gasteiger partial charge < -0.3 is 9.64 Å². The molecule has 0 spiro atoms. The van der Waals surface area contributed by atoms with Crippen molar-refractivity contribution in [2.75, 3.05) is 19.6 Å². The first-order chi connectivity index (χ1) is 12.7. The summed E-state index contributed by atoms with van der Waals surface area (Å²) in [5.41, 5.74) is 1.24. The summed E-state index contributed by atoms with van der Waals surface area (Å²) in [4.78, 5) is 17.0. The van der Waals surface area contributed by atoms with Crippen LogP contribution in [0.1, 0.15) is 18.4 Å². The van der Waals surface area contributed by atoms with Crippen LogP contribution in [-0.2, 0) is 11.3 Å². The van der Waals surface area contributed by atoms with Crippen molar-refractivity contribution in [2.24, 2.45) is 0 Å². The van der Waals surface area contributed by atoms with Crippen molar-refractivity contribution in [3.63, 3.8) is 0 Å². The average molecular weight is 354 g/mol. The Morgan fingerprint density at radius 2 is 1.81 bits per heavy atom. The summed E-state index contributed by atoms with van der Waals surface area (Å²) in [6.07, 6.45) is 1.98. The zero-order valence-electron chi connectivity index (χ0n) is 14.7. The molecular weight excluding hydrogens is 331 g/mol. The van der Waals surface area contributed by atoms with Gasteiger partial charge >= 0.3 is 0 Å². The average Bonchev–Trinajstić information content (AvgIpc) is 3.08. The molecule has 0 bridgehead atoms. The van der Waals surface area contributed by atoms with Gasteiger partial charge in [0, 0.05) is 6.54 Å². The highest BCUT2D eigenvalue weighted by atomic mass is 19.1. The lowest BCUT2D eigenvalue weighted by Crippen LogP contribution is -2.60. The summed E-state index contributed by atoms with van der Waals surface area (Å²) in [7, 11) is 0. The number of amides is 1. The van der Waals surface area contributed by atoms with Gasteiger partial charge in [0.25, 0.3) is 0 Å². The molecule has 1 atom stereocenters. The smallest absolute Gasteiger partial charge is 0.240 e. The number of carbonyl (C=O) groups is 1. The van der Waals surface area contributed by atoms with Crippen molar-refractivity contribution >= 4 is 5.91 Å². The van der Waals surface area contributed by atoms with Crippen molar-refractivity contribution in [1.82, 2.24) is 9.80 Å². The molecule has 2 aromatic carbocycles. The number of hydrogen-bond donors (Lipinski definition) is 0. The lowest BCUT2D eigenvalue weighted by Gasteiger charge is -2.41. The number of rotatable bonds is 5. The first kappa shape index (κ1) is 17.0. The molecule has 0 radical (unpaired) electrons. The molecule has 0 unspecified atom stereocenters. The molecule has 0 aromatic heterocycles. The second-order valence-corrected chi connectivity index (χ2v) is 7.05. The molecule has 0 aliphatic carbocycles. The van der Waals surface area contributed by atoms with Crippen LogP contribution in [0.2, 0.25) is 0 Å². The number of ether oxygens (including phenoxy) is 1. The van der Waals surface area contributed by atoms with Crippen LogP contribution in [0.5, 0.6) is 5.75 Å². The van der Waals surface area contributed by atoms with Crippen LogP contribution in [-0.4, -0.2) is 47.5 Å². The van der Waals surface area contributed by atoms with E-state index in [0.29, 0.717) is 18.8 Å². The fourth-order valence-electron chi connectivity index (χ4n) is 3.72. The fourth-order valence-corrected chi connectivity index (χ4v) is 3.72. The Morgan fingerprint density at radius 3 is 2.54 bits per heavy atom.